The minimum Gasteiger partial charge on any atom is -0.497 e. The van der Waals surface area contributed by atoms with Gasteiger partial charge in [-0.2, -0.15) is 0 Å². The molecule has 1 aliphatic heterocycles. The van der Waals surface area contributed by atoms with Crippen LogP contribution in [0.3, 0.4) is 0 Å². The molecule has 2 aromatic carbocycles. The number of rotatable bonds is 8. The van der Waals surface area contributed by atoms with Crippen LogP contribution >= 0.6 is 0 Å². The van der Waals surface area contributed by atoms with Crippen molar-refractivity contribution in [2.24, 2.45) is 5.92 Å². The fourth-order valence-electron chi connectivity index (χ4n) is 4.50. The summed E-state index contributed by atoms with van der Waals surface area (Å²) in [7, 11) is 1.59. The number of aromatic nitrogens is 2. The number of carbonyl (C=O) groups is 1. The van der Waals surface area contributed by atoms with Crippen LogP contribution in [0.5, 0.6) is 11.5 Å². The summed E-state index contributed by atoms with van der Waals surface area (Å²) >= 11 is 0. The van der Waals surface area contributed by atoms with E-state index in [2.05, 4.69) is 17.6 Å². The van der Waals surface area contributed by atoms with Gasteiger partial charge in [0.1, 0.15) is 23.9 Å². The van der Waals surface area contributed by atoms with Crippen molar-refractivity contribution in [1.29, 1.82) is 0 Å². The number of nitrogens with one attached hydrogen (secondary N) is 2. The number of methoxy groups -OCH3 is 1. The van der Waals surface area contributed by atoms with Gasteiger partial charge >= 0.3 is 0 Å². The van der Waals surface area contributed by atoms with E-state index >= 15 is 0 Å². The zero-order valence-electron chi connectivity index (χ0n) is 20.8. The van der Waals surface area contributed by atoms with E-state index in [0.29, 0.717) is 39.7 Å². The summed E-state index contributed by atoms with van der Waals surface area (Å²) in [5.41, 5.74) is 0.955. The van der Waals surface area contributed by atoms with Gasteiger partial charge in [0.25, 0.3) is 5.56 Å². The second-order valence-electron chi connectivity index (χ2n) is 9.39. The summed E-state index contributed by atoms with van der Waals surface area (Å²) in [5.74, 6) is 1.85. The number of hydrogen-bond donors (Lipinski definition) is 2. The monoisotopic (exact) mass is 478 g/mol. The molecular weight excluding hydrogens is 444 g/mol. The Morgan fingerprint density at radius 2 is 2.03 bits per heavy atom. The van der Waals surface area contributed by atoms with E-state index in [9.17, 15) is 9.59 Å². The van der Waals surface area contributed by atoms with Crippen molar-refractivity contribution in [3.05, 3.63) is 52.8 Å². The van der Waals surface area contributed by atoms with Crippen molar-refractivity contribution >= 4 is 16.8 Å². The fraction of sp³-hybridized carbons (Fsp3) is 0.444. The Morgan fingerprint density at radius 3 is 2.74 bits per heavy atom. The molecule has 1 aliphatic rings. The van der Waals surface area contributed by atoms with E-state index in [4.69, 9.17) is 14.5 Å². The Labute approximate surface area is 205 Å². The SMILES string of the molecule is COc1cccc(-c2nc3ccc(OC(C)C4CCCNC4)cc3c(=O)n2CC(=O)NC(C)C)c1. The lowest BCUT2D eigenvalue weighted by molar-refractivity contribution is -0.122. The van der Waals surface area contributed by atoms with Crippen LogP contribution in [0.4, 0.5) is 0 Å². The Hall–Kier alpha value is -3.39. The average molecular weight is 479 g/mol. The molecule has 2 unspecified atom stereocenters. The number of fused-ring (bicyclic) bond motifs is 1. The van der Waals surface area contributed by atoms with Gasteiger partial charge in [0.15, 0.2) is 0 Å². The fourth-order valence-corrected chi connectivity index (χ4v) is 4.50. The van der Waals surface area contributed by atoms with E-state index in [0.717, 1.165) is 25.9 Å². The number of amides is 1. The minimum atomic E-state index is -0.288. The highest BCUT2D eigenvalue weighted by atomic mass is 16.5. The quantitative estimate of drug-likeness (QED) is 0.516. The molecule has 1 saturated heterocycles. The van der Waals surface area contributed by atoms with E-state index in [-0.39, 0.29) is 30.2 Å². The topological polar surface area (TPSA) is 94.5 Å². The van der Waals surface area contributed by atoms with E-state index in [1.54, 1.807) is 19.2 Å². The maximum absolute atomic E-state index is 13.7. The zero-order valence-corrected chi connectivity index (χ0v) is 20.8. The van der Waals surface area contributed by atoms with Crippen LogP contribution in [-0.4, -0.2) is 47.8 Å². The normalized spacial score (nSPS) is 16.8. The molecule has 1 aromatic heterocycles. The first kappa shape index (κ1) is 24.7. The minimum absolute atomic E-state index is 0.0170. The van der Waals surface area contributed by atoms with Crippen molar-refractivity contribution in [2.75, 3.05) is 20.2 Å². The van der Waals surface area contributed by atoms with Crippen LogP contribution in [0.25, 0.3) is 22.3 Å². The van der Waals surface area contributed by atoms with Crippen LogP contribution in [0.2, 0.25) is 0 Å². The average Bonchev–Trinajstić information content (AvgIpc) is 2.86. The summed E-state index contributed by atoms with van der Waals surface area (Å²) in [6.45, 7) is 7.68. The Morgan fingerprint density at radius 1 is 1.20 bits per heavy atom. The van der Waals surface area contributed by atoms with Crippen LogP contribution in [0.1, 0.15) is 33.6 Å². The van der Waals surface area contributed by atoms with Crippen LogP contribution in [0.15, 0.2) is 47.3 Å². The standard InChI is InChI=1S/C27H34N4O4/c1-17(2)29-25(32)16-31-26(19-7-5-9-21(13-19)34-4)30-24-11-10-22(14-23(24)27(31)33)35-18(3)20-8-6-12-28-15-20/h5,7,9-11,13-14,17-18,20,28H,6,8,12,15-16H2,1-4H3,(H,29,32). The summed E-state index contributed by atoms with van der Waals surface area (Å²) in [6, 6.07) is 12.7. The second-order valence-corrected chi connectivity index (χ2v) is 9.39. The number of nitrogens with zero attached hydrogens (tertiary/aromatic N) is 2. The van der Waals surface area contributed by atoms with Gasteiger partial charge in [-0.25, -0.2) is 4.98 Å². The molecule has 2 atom stereocenters. The maximum Gasteiger partial charge on any atom is 0.262 e. The van der Waals surface area contributed by atoms with E-state index < -0.39 is 0 Å². The van der Waals surface area contributed by atoms with Crippen LogP contribution < -0.4 is 25.7 Å². The van der Waals surface area contributed by atoms with Crippen molar-refractivity contribution < 1.29 is 14.3 Å². The number of piperidine rings is 1. The molecule has 2 heterocycles. The second kappa shape index (κ2) is 10.9. The molecule has 8 nitrogen and oxygen atoms in total. The molecule has 0 bridgehead atoms. The number of carbonyl (C=O) groups excluding carboxylic acids is 1. The third-order valence-electron chi connectivity index (χ3n) is 6.33. The molecule has 2 N–H and O–H groups in total. The summed E-state index contributed by atoms with van der Waals surface area (Å²) < 4.78 is 13.0. The van der Waals surface area contributed by atoms with Gasteiger partial charge < -0.3 is 20.1 Å². The predicted molar refractivity (Wildman–Crippen MR) is 137 cm³/mol. The molecule has 1 fully saturated rings. The summed E-state index contributed by atoms with van der Waals surface area (Å²) in [6.07, 6.45) is 2.27. The highest BCUT2D eigenvalue weighted by molar-refractivity contribution is 5.83. The smallest absolute Gasteiger partial charge is 0.262 e. The molecule has 8 heteroatoms. The van der Waals surface area contributed by atoms with Crippen molar-refractivity contribution in [3.63, 3.8) is 0 Å². The highest BCUT2D eigenvalue weighted by Crippen LogP contribution is 2.26. The first-order valence-electron chi connectivity index (χ1n) is 12.2. The van der Waals surface area contributed by atoms with Crippen molar-refractivity contribution in [3.8, 4) is 22.9 Å². The van der Waals surface area contributed by atoms with E-state index in [1.165, 1.54) is 4.57 Å². The maximum atomic E-state index is 13.7. The molecule has 1 amide bonds. The molecule has 0 radical (unpaired) electrons. The largest absolute Gasteiger partial charge is 0.497 e. The summed E-state index contributed by atoms with van der Waals surface area (Å²) in [4.78, 5) is 31.1. The van der Waals surface area contributed by atoms with E-state index in [1.807, 2.05) is 44.2 Å². The number of ether oxygens (including phenoxy) is 2. The lowest BCUT2D eigenvalue weighted by Gasteiger charge is -2.28. The third-order valence-corrected chi connectivity index (χ3v) is 6.33. The molecule has 4 rings (SSSR count). The first-order valence-corrected chi connectivity index (χ1v) is 12.2. The van der Waals surface area contributed by atoms with Gasteiger partial charge in [0, 0.05) is 24.1 Å². The molecule has 0 saturated carbocycles. The van der Waals surface area contributed by atoms with Crippen LogP contribution in [0, 0.1) is 5.92 Å². The van der Waals surface area contributed by atoms with Gasteiger partial charge in [0.05, 0.1) is 24.1 Å². The van der Waals surface area contributed by atoms with Gasteiger partial charge in [-0.1, -0.05) is 12.1 Å². The molecule has 0 spiro atoms. The van der Waals surface area contributed by atoms with Crippen molar-refractivity contribution in [2.45, 2.75) is 52.3 Å². The Balaban J connectivity index is 1.75. The Bertz CT molecular complexity index is 1250. The van der Waals surface area contributed by atoms with Gasteiger partial charge in [0.2, 0.25) is 5.91 Å². The van der Waals surface area contributed by atoms with Crippen LogP contribution in [-0.2, 0) is 11.3 Å². The lowest BCUT2D eigenvalue weighted by Crippen LogP contribution is -2.38. The molecule has 0 aliphatic carbocycles. The zero-order chi connectivity index (χ0) is 24.9. The molecule has 35 heavy (non-hydrogen) atoms. The van der Waals surface area contributed by atoms with Crippen molar-refractivity contribution in [1.82, 2.24) is 20.2 Å². The molecular formula is C27H34N4O4. The molecule has 3 aromatic rings. The predicted octanol–water partition coefficient (Wildman–Crippen LogP) is 3.36. The summed E-state index contributed by atoms with van der Waals surface area (Å²) in [5, 5.41) is 6.70. The van der Waals surface area contributed by atoms with Gasteiger partial charge in [-0.05, 0) is 70.5 Å². The first-order chi connectivity index (χ1) is 16.9. The van der Waals surface area contributed by atoms with Gasteiger partial charge in [-0.15, -0.1) is 0 Å². The third kappa shape index (κ3) is 5.82. The van der Waals surface area contributed by atoms with Gasteiger partial charge in [-0.3, -0.25) is 14.2 Å². The Kier molecular flexibility index (Phi) is 7.70. The highest BCUT2D eigenvalue weighted by Gasteiger charge is 2.22. The number of benzene rings is 2. The number of hydrogen-bond acceptors (Lipinski definition) is 6. The lowest BCUT2D eigenvalue weighted by atomic mass is 9.94. The molecule has 186 valence electrons.